The topological polar surface area (TPSA) is 38.1 Å². The number of carbonyl (C=O) groups is 1. The van der Waals surface area contributed by atoms with E-state index in [0.29, 0.717) is 13.0 Å². The first kappa shape index (κ1) is 17.0. The van der Waals surface area contributed by atoms with Crippen LogP contribution in [0.15, 0.2) is 66.7 Å². The molecular weight excluding hydrogens is 346 g/mol. The number of aryl methyl sites for hydroxylation is 1. The van der Waals surface area contributed by atoms with Crippen molar-refractivity contribution >= 4 is 33.4 Å². The van der Waals surface area contributed by atoms with E-state index in [1.165, 1.54) is 0 Å². The third-order valence-electron chi connectivity index (χ3n) is 5.68. The summed E-state index contributed by atoms with van der Waals surface area (Å²) in [7, 11) is 0. The van der Waals surface area contributed by atoms with Crippen molar-refractivity contribution in [2.75, 3.05) is 11.4 Å². The van der Waals surface area contributed by atoms with Crippen LogP contribution in [0.25, 0.3) is 21.8 Å². The van der Waals surface area contributed by atoms with Crippen LogP contribution in [0.1, 0.15) is 31.5 Å². The molecule has 1 aromatic heterocycles. The van der Waals surface area contributed by atoms with Gasteiger partial charge in [-0.15, -0.1) is 0 Å². The lowest BCUT2D eigenvalue weighted by Gasteiger charge is -2.19. The highest BCUT2D eigenvalue weighted by Gasteiger charge is 2.35. The molecule has 1 saturated heterocycles. The summed E-state index contributed by atoms with van der Waals surface area (Å²) >= 11 is 0. The molecule has 0 aliphatic carbocycles. The van der Waals surface area contributed by atoms with E-state index in [1.807, 2.05) is 29.2 Å². The second-order valence-corrected chi connectivity index (χ2v) is 7.51. The smallest absolute Gasteiger partial charge is 0.227 e. The number of rotatable bonds is 4. The molecule has 3 aromatic carbocycles. The molecule has 0 radical (unpaired) electrons. The molecule has 0 N–H and O–H groups in total. The number of para-hydroxylation sites is 2. The number of nitrogens with zero attached hydrogens (tertiary/aromatic N) is 3. The summed E-state index contributed by atoms with van der Waals surface area (Å²) in [4.78, 5) is 19.8. The Balaban J connectivity index is 1.55. The van der Waals surface area contributed by atoms with Gasteiger partial charge in [-0.2, -0.15) is 0 Å². The number of aromatic nitrogens is 2. The van der Waals surface area contributed by atoms with Gasteiger partial charge in [-0.3, -0.25) is 4.79 Å². The predicted octanol–water partition coefficient (Wildman–Crippen LogP) is 5.12. The van der Waals surface area contributed by atoms with Gasteiger partial charge in [0.25, 0.3) is 0 Å². The molecule has 4 heteroatoms. The second-order valence-electron chi connectivity index (χ2n) is 7.51. The fourth-order valence-corrected chi connectivity index (χ4v) is 4.42. The lowest BCUT2D eigenvalue weighted by Crippen LogP contribution is -2.24. The molecule has 0 spiro atoms. The van der Waals surface area contributed by atoms with Crippen LogP contribution < -0.4 is 4.90 Å². The number of amides is 1. The van der Waals surface area contributed by atoms with E-state index < -0.39 is 0 Å². The summed E-state index contributed by atoms with van der Waals surface area (Å²) in [5, 5.41) is 2.29. The van der Waals surface area contributed by atoms with Crippen molar-refractivity contribution < 1.29 is 4.79 Å². The number of benzene rings is 3. The van der Waals surface area contributed by atoms with E-state index in [0.717, 1.165) is 46.3 Å². The lowest BCUT2D eigenvalue weighted by atomic mass is 10.1. The van der Waals surface area contributed by atoms with Crippen molar-refractivity contribution in [2.45, 2.75) is 32.2 Å². The maximum Gasteiger partial charge on any atom is 0.227 e. The molecule has 5 rings (SSSR count). The fourth-order valence-electron chi connectivity index (χ4n) is 4.42. The third kappa shape index (κ3) is 2.68. The van der Waals surface area contributed by atoms with Crippen LogP contribution in [-0.2, 0) is 11.3 Å². The Morgan fingerprint density at radius 1 is 1.00 bits per heavy atom. The van der Waals surface area contributed by atoms with E-state index in [-0.39, 0.29) is 11.8 Å². The minimum absolute atomic E-state index is 0.116. The van der Waals surface area contributed by atoms with E-state index in [4.69, 9.17) is 4.98 Å². The summed E-state index contributed by atoms with van der Waals surface area (Å²) in [5.74, 6) is 1.33. The van der Waals surface area contributed by atoms with Gasteiger partial charge < -0.3 is 9.47 Å². The van der Waals surface area contributed by atoms with Gasteiger partial charge in [0.1, 0.15) is 5.82 Å². The maximum absolute atomic E-state index is 13.0. The number of hydrogen-bond donors (Lipinski definition) is 0. The third-order valence-corrected chi connectivity index (χ3v) is 5.68. The first-order valence-corrected chi connectivity index (χ1v) is 9.99. The lowest BCUT2D eigenvalue weighted by molar-refractivity contribution is -0.117. The van der Waals surface area contributed by atoms with Crippen molar-refractivity contribution in [1.82, 2.24) is 9.55 Å². The standard InChI is InChI=1S/C24H23N3O/c1-2-14-26-22-12-6-5-11-20(22)25-24(26)18-15-23(28)27(16-18)21-13-7-9-17-8-3-4-10-19(17)21/h3-13,18H,2,14-16H2,1H3. The summed E-state index contributed by atoms with van der Waals surface area (Å²) in [6.07, 6.45) is 1.55. The van der Waals surface area contributed by atoms with Crippen LogP contribution in [0.4, 0.5) is 5.69 Å². The molecule has 1 amide bonds. The van der Waals surface area contributed by atoms with Crippen molar-refractivity contribution in [2.24, 2.45) is 0 Å². The van der Waals surface area contributed by atoms with Gasteiger partial charge in [0, 0.05) is 30.8 Å². The Labute approximate surface area is 164 Å². The first-order valence-electron chi connectivity index (χ1n) is 9.99. The van der Waals surface area contributed by atoms with Gasteiger partial charge in [-0.1, -0.05) is 55.5 Å². The van der Waals surface area contributed by atoms with Gasteiger partial charge in [-0.05, 0) is 30.0 Å². The Kier molecular flexibility index (Phi) is 4.12. The molecule has 0 bridgehead atoms. The number of hydrogen-bond acceptors (Lipinski definition) is 2. The molecule has 140 valence electrons. The molecule has 1 unspecified atom stereocenters. The molecule has 1 aliphatic heterocycles. The Hall–Kier alpha value is -3.14. The zero-order chi connectivity index (χ0) is 19.1. The highest BCUT2D eigenvalue weighted by molar-refractivity contribution is 6.05. The number of anilines is 1. The predicted molar refractivity (Wildman–Crippen MR) is 114 cm³/mol. The summed E-state index contributed by atoms with van der Waals surface area (Å²) < 4.78 is 2.31. The zero-order valence-electron chi connectivity index (χ0n) is 16.0. The minimum atomic E-state index is 0.116. The molecule has 28 heavy (non-hydrogen) atoms. The number of imidazole rings is 1. The van der Waals surface area contributed by atoms with Crippen LogP contribution in [0.3, 0.4) is 0 Å². The van der Waals surface area contributed by atoms with Crippen molar-refractivity contribution in [3.05, 3.63) is 72.6 Å². The maximum atomic E-state index is 13.0. The van der Waals surface area contributed by atoms with Gasteiger partial charge in [-0.25, -0.2) is 4.98 Å². The minimum Gasteiger partial charge on any atom is -0.328 e. The highest BCUT2D eigenvalue weighted by Crippen LogP contribution is 2.36. The normalized spacial score (nSPS) is 17.1. The van der Waals surface area contributed by atoms with Crippen LogP contribution in [-0.4, -0.2) is 22.0 Å². The van der Waals surface area contributed by atoms with E-state index >= 15 is 0 Å². The van der Waals surface area contributed by atoms with Crippen molar-refractivity contribution in [3.63, 3.8) is 0 Å². The Morgan fingerprint density at radius 3 is 2.68 bits per heavy atom. The van der Waals surface area contributed by atoms with E-state index in [9.17, 15) is 4.79 Å². The van der Waals surface area contributed by atoms with Gasteiger partial charge >= 0.3 is 0 Å². The first-order chi connectivity index (χ1) is 13.8. The molecule has 2 heterocycles. The Morgan fingerprint density at radius 2 is 1.79 bits per heavy atom. The highest BCUT2D eigenvalue weighted by atomic mass is 16.2. The second kappa shape index (κ2) is 6.79. The molecule has 1 aliphatic rings. The SMILES string of the molecule is CCCn1c(C2CC(=O)N(c3cccc4ccccc34)C2)nc2ccccc21. The molecule has 1 atom stereocenters. The van der Waals surface area contributed by atoms with E-state index in [1.54, 1.807) is 0 Å². The summed E-state index contributed by atoms with van der Waals surface area (Å²) in [5.41, 5.74) is 3.18. The van der Waals surface area contributed by atoms with Crippen LogP contribution in [0.2, 0.25) is 0 Å². The van der Waals surface area contributed by atoms with Crippen LogP contribution in [0, 0.1) is 0 Å². The molecule has 1 fully saturated rings. The summed E-state index contributed by atoms with van der Waals surface area (Å²) in [6, 6.07) is 22.7. The molecule has 0 saturated carbocycles. The molecule has 4 aromatic rings. The fraction of sp³-hybridized carbons (Fsp3) is 0.250. The average Bonchev–Trinajstić information content (AvgIpc) is 3.29. The van der Waals surface area contributed by atoms with Gasteiger partial charge in [0.15, 0.2) is 0 Å². The van der Waals surface area contributed by atoms with Gasteiger partial charge in [0.05, 0.1) is 16.7 Å². The number of carbonyl (C=O) groups excluding carboxylic acids is 1. The van der Waals surface area contributed by atoms with E-state index in [2.05, 4.69) is 54.0 Å². The number of fused-ring (bicyclic) bond motifs is 2. The Bertz CT molecular complexity index is 1170. The largest absolute Gasteiger partial charge is 0.328 e. The van der Waals surface area contributed by atoms with Crippen LogP contribution >= 0.6 is 0 Å². The summed E-state index contributed by atoms with van der Waals surface area (Å²) in [6.45, 7) is 3.79. The van der Waals surface area contributed by atoms with Crippen molar-refractivity contribution in [1.29, 1.82) is 0 Å². The monoisotopic (exact) mass is 369 g/mol. The van der Waals surface area contributed by atoms with Crippen molar-refractivity contribution in [3.8, 4) is 0 Å². The van der Waals surface area contributed by atoms with Gasteiger partial charge in [0.2, 0.25) is 5.91 Å². The quantitative estimate of drug-likeness (QED) is 0.501. The zero-order valence-corrected chi connectivity index (χ0v) is 16.0. The average molecular weight is 369 g/mol. The molecule has 4 nitrogen and oxygen atoms in total. The molecular formula is C24H23N3O. The van der Waals surface area contributed by atoms with Crippen LogP contribution in [0.5, 0.6) is 0 Å².